The van der Waals surface area contributed by atoms with Crippen molar-refractivity contribution in [3.63, 3.8) is 0 Å². The van der Waals surface area contributed by atoms with Gasteiger partial charge in [-0.2, -0.15) is 0 Å². The number of fused-ring (bicyclic) bond motifs is 1. The third-order valence-corrected chi connectivity index (χ3v) is 3.34. The van der Waals surface area contributed by atoms with Crippen molar-refractivity contribution in [2.24, 2.45) is 0 Å². The van der Waals surface area contributed by atoms with Crippen molar-refractivity contribution < 1.29 is 28.6 Å². The lowest BCUT2D eigenvalue weighted by Crippen LogP contribution is -2.15. The minimum Gasteiger partial charge on any atom is -0.466 e. The van der Waals surface area contributed by atoms with Crippen LogP contribution in [0.3, 0.4) is 0 Å². The monoisotopic (exact) mass is 319 g/mol. The molecule has 2 rings (SSSR count). The van der Waals surface area contributed by atoms with Gasteiger partial charge in [0, 0.05) is 11.9 Å². The third-order valence-electron chi connectivity index (χ3n) is 3.34. The van der Waals surface area contributed by atoms with Crippen molar-refractivity contribution in [1.29, 1.82) is 0 Å². The van der Waals surface area contributed by atoms with E-state index < -0.39 is 17.9 Å². The summed E-state index contributed by atoms with van der Waals surface area (Å²) in [6.07, 6.45) is 1.49. The second-order valence-corrected chi connectivity index (χ2v) is 4.62. The Balaban J connectivity index is 2.74. The van der Waals surface area contributed by atoms with Crippen LogP contribution < -0.4 is 0 Å². The van der Waals surface area contributed by atoms with Crippen molar-refractivity contribution in [2.45, 2.75) is 13.3 Å². The standard InChI is InChI=1S/C16H17NO6/c1-4-23-12(18)9-11-14(16(20)22-3)13(15(19)21-2)10-7-5-6-8-17(10)11/h5-8H,4,9H2,1-3H3. The van der Waals surface area contributed by atoms with Gasteiger partial charge in [-0.05, 0) is 19.1 Å². The first-order valence-electron chi connectivity index (χ1n) is 6.99. The van der Waals surface area contributed by atoms with Crippen LogP contribution in [0.15, 0.2) is 24.4 Å². The predicted octanol–water partition coefficient (Wildman–Crippen LogP) is 1.62. The second kappa shape index (κ2) is 6.95. The highest BCUT2D eigenvalue weighted by Crippen LogP contribution is 2.26. The van der Waals surface area contributed by atoms with Crippen LogP contribution in [0.25, 0.3) is 5.52 Å². The van der Waals surface area contributed by atoms with E-state index in [0.29, 0.717) is 11.2 Å². The molecule has 2 heterocycles. The van der Waals surface area contributed by atoms with Crippen LogP contribution >= 0.6 is 0 Å². The number of ether oxygens (including phenoxy) is 3. The first kappa shape index (κ1) is 16.5. The molecule has 0 saturated heterocycles. The highest BCUT2D eigenvalue weighted by molar-refractivity contribution is 6.10. The molecule has 0 aromatic carbocycles. The van der Waals surface area contributed by atoms with Crippen molar-refractivity contribution in [1.82, 2.24) is 4.40 Å². The number of hydrogen-bond donors (Lipinski definition) is 0. The van der Waals surface area contributed by atoms with Crippen molar-refractivity contribution in [3.05, 3.63) is 41.2 Å². The molecular formula is C16H17NO6. The van der Waals surface area contributed by atoms with Crippen molar-refractivity contribution in [2.75, 3.05) is 20.8 Å². The Morgan fingerprint density at radius 2 is 1.70 bits per heavy atom. The first-order valence-corrected chi connectivity index (χ1v) is 6.99. The molecule has 2 aromatic heterocycles. The molecule has 2 aromatic rings. The van der Waals surface area contributed by atoms with Gasteiger partial charge in [0.25, 0.3) is 0 Å². The van der Waals surface area contributed by atoms with E-state index in [2.05, 4.69) is 0 Å². The Hall–Kier alpha value is -2.83. The number of carbonyl (C=O) groups is 3. The zero-order chi connectivity index (χ0) is 17.0. The Kier molecular flexibility index (Phi) is 5.00. The van der Waals surface area contributed by atoms with Crippen molar-refractivity contribution in [3.8, 4) is 0 Å². The zero-order valence-corrected chi connectivity index (χ0v) is 13.1. The van der Waals surface area contributed by atoms with E-state index in [1.165, 1.54) is 14.2 Å². The van der Waals surface area contributed by atoms with Crippen LogP contribution in [0.5, 0.6) is 0 Å². The van der Waals surface area contributed by atoms with E-state index in [9.17, 15) is 14.4 Å². The van der Waals surface area contributed by atoms with Crippen molar-refractivity contribution >= 4 is 23.4 Å². The van der Waals surface area contributed by atoms with Gasteiger partial charge in [0.05, 0.1) is 43.9 Å². The molecule has 7 nitrogen and oxygen atoms in total. The van der Waals surface area contributed by atoms with Crippen LogP contribution in [0.1, 0.15) is 33.3 Å². The summed E-state index contributed by atoms with van der Waals surface area (Å²) in [5, 5.41) is 0. The Morgan fingerprint density at radius 3 is 2.30 bits per heavy atom. The number of esters is 3. The fourth-order valence-corrected chi connectivity index (χ4v) is 2.43. The lowest BCUT2D eigenvalue weighted by Gasteiger charge is -2.06. The highest BCUT2D eigenvalue weighted by Gasteiger charge is 2.30. The summed E-state index contributed by atoms with van der Waals surface area (Å²) >= 11 is 0. The highest BCUT2D eigenvalue weighted by atomic mass is 16.5. The van der Waals surface area contributed by atoms with E-state index in [1.807, 2.05) is 0 Å². The number of rotatable bonds is 5. The number of aromatic nitrogens is 1. The lowest BCUT2D eigenvalue weighted by molar-refractivity contribution is -0.142. The fraction of sp³-hybridized carbons (Fsp3) is 0.312. The fourth-order valence-electron chi connectivity index (χ4n) is 2.43. The lowest BCUT2D eigenvalue weighted by atomic mass is 10.1. The molecule has 0 amide bonds. The summed E-state index contributed by atoms with van der Waals surface area (Å²) in [6, 6.07) is 5.11. The van der Waals surface area contributed by atoms with Crippen LogP contribution in [0, 0.1) is 0 Å². The molecule has 0 unspecified atom stereocenters. The average Bonchev–Trinajstić information content (AvgIpc) is 2.88. The maximum Gasteiger partial charge on any atom is 0.340 e. The van der Waals surface area contributed by atoms with Gasteiger partial charge in [0.2, 0.25) is 0 Å². The molecule has 23 heavy (non-hydrogen) atoms. The molecule has 0 spiro atoms. The number of pyridine rings is 1. The zero-order valence-electron chi connectivity index (χ0n) is 13.1. The SMILES string of the molecule is CCOC(=O)Cc1c(C(=O)OC)c(C(=O)OC)c2ccccn12. The van der Waals surface area contributed by atoms with Crippen LogP contribution in [0.4, 0.5) is 0 Å². The minimum absolute atomic E-state index is 0.0126. The van der Waals surface area contributed by atoms with Gasteiger partial charge in [-0.25, -0.2) is 9.59 Å². The molecule has 7 heteroatoms. The van der Waals surface area contributed by atoms with E-state index in [-0.39, 0.29) is 24.2 Å². The Bertz CT molecular complexity index is 761. The van der Waals surface area contributed by atoms with Gasteiger partial charge in [-0.15, -0.1) is 0 Å². The quantitative estimate of drug-likeness (QED) is 0.615. The largest absolute Gasteiger partial charge is 0.466 e. The molecular weight excluding hydrogens is 302 g/mol. The number of methoxy groups -OCH3 is 2. The Labute approximate surface area is 132 Å². The smallest absolute Gasteiger partial charge is 0.340 e. The topological polar surface area (TPSA) is 83.3 Å². The molecule has 0 bridgehead atoms. The average molecular weight is 319 g/mol. The molecule has 122 valence electrons. The van der Waals surface area contributed by atoms with Gasteiger partial charge in [0.15, 0.2) is 0 Å². The van der Waals surface area contributed by atoms with Gasteiger partial charge >= 0.3 is 17.9 Å². The first-order chi connectivity index (χ1) is 11.0. The van der Waals surface area contributed by atoms with Crippen LogP contribution in [0.2, 0.25) is 0 Å². The maximum atomic E-state index is 12.2. The molecule has 0 atom stereocenters. The molecule has 0 aliphatic rings. The normalized spacial score (nSPS) is 10.4. The van der Waals surface area contributed by atoms with E-state index in [1.54, 1.807) is 35.7 Å². The number of hydrogen-bond acceptors (Lipinski definition) is 6. The van der Waals surface area contributed by atoms with Crippen LogP contribution in [-0.4, -0.2) is 43.1 Å². The summed E-state index contributed by atoms with van der Waals surface area (Å²) in [7, 11) is 2.43. The van der Waals surface area contributed by atoms with Gasteiger partial charge in [-0.1, -0.05) is 6.07 Å². The third kappa shape index (κ3) is 3.03. The molecule has 0 aliphatic heterocycles. The predicted molar refractivity (Wildman–Crippen MR) is 80.4 cm³/mol. The summed E-state index contributed by atoms with van der Waals surface area (Å²) in [4.78, 5) is 36.2. The summed E-state index contributed by atoms with van der Waals surface area (Å²) in [6.45, 7) is 1.91. The molecule has 0 fully saturated rings. The number of carbonyl (C=O) groups excluding carboxylic acids is 3. The summed E-state index contributed by atoms with van der Waals surface area (Å²) in [5.41, 5.74) is 0.864. The van der Waals surface area contributed by atoms with E-state index in [4.69, 9.17) is 14.2 Å². The van der Waals surface area contributed by atoms with Gasteiger partial charge in [-0.3, -0.25) is 4.79 Å². The minimum atomic E-state index is -0.714. The van der Waals surface area contributed by atoms with Gasteiger partial charge < -0.3 is 18.6 Å². The van der Waals surface area contributed by atoms with Crippen LogP contribution in [-0.2, 0) is 25.4 Å². The Morgan fingerprint density at radius 1 is 1.04 bits per heavy atom. The molecule has 0 N–H and O–H groups in total. The summed E-state index contributed by atoms with van der Waals surface area (Å²) < 4.78 is 16.1. The van der Waals surface area contributed by atoms with E-state index >= 15 is 0 Å². The van der Waals surface area contributed by atoms with Gasteiger partial charge in [0.1, 0.15) is 0 Å². The molecule has 0 aliphatic carbocycles. The molecule has 0 radical (unpaired) electrons. The van der Waals surface area contributed by atoms with E-state index in [0.717, 1.165) is 0 Å². The second-order valence-electron chi connectivity index (χ2n) is 4.62. The number of nitrogens with zero attached hydrogens (tertiary/aromatic N) is 1. The maximum absolute atomic E-state index is 12.2. The summed E-state index contributed by atoms with van der Waals surface area (Å²) in [5.74, 6) is -1.89. The molecule has 0 saturated carbocycles.